The molecular formula is C23H21N5O2. The highest BCUT2D eigenvalue weighted by Gasteiger charge is 2.11. The average Bonchev–Trinajstić information content (AvgIpc) is 3.13. The zero-order valence-corrected chi connectivity index (χ0v) is 16.7. The highest BCUT2D eigenvalue weighted by atomic mass is 16.2. The predicted octanol–water partition coefficient (Wildman–Crippen LogP) is 4.00. The summed E-state index contributed by atoms with van der Waals surface area (Å²) >= 11 is 0. The van der Waals surface area contributed by atoms with Gasteiger partial charge in [0.2, 0.25) is 5.91 Å². The number of aryl methyl sites for hydroxylation is 1. The van der Waals surface area contributed by atoms with Gasteiger partial charge in [0, 0.05) is 23.9 Å². The summed E-state index contributed by atoms with van der Waals surface area (Å²) in [6.45, 7) is 4.14. The molecule has 0 radical (unpaired) electrons. The molecule has 30 heavy (non-hydrogen) atoms. The lowest BCUT2D eigenvalue weighted by atomic mass is 10.1. The van der Waals surface area contributed by atoms with E-state index in [9.17, 15) is 9.59 Å². The molecule has 4 rings (SSSR count). The largest absolute Gasteiger partial charge is 0.326 e. The van der Waals surface area contributed by atoms with Crippen molar-refractivity contribution in [3.63, 3.8) is 0 Å². The number of hydrogen-bond donors (Lipinski definition) is 2. The van der Waals surface area contributed by atoms with E-state index in [2.05, 4.69) is 40.0 Å². The Morgan fingerprint density at radius 3 is 2.33 bits per heavy atom. The van der Waals surface area contributed by atoms with Crippen molar-refractivity contribution in [3.05, 3.63) is 83.4 Å². The van der Waals surface area contributed by atoms with E-state index in [0.29, 0.717) is 29.0 Å². The second kappa shape index (κ2) is 8.16. The molecule has 0 unspecified atom stereocenters. The molecule has 0 aliphatic heterocycles. The van der Waals surface area contributed by atoms with Crippen LogP contribution in [0.1, 0.15) is 28.4 Å². The summed E-state index contributed by atoms with van der Waals surface area (Å²) in [5.41, 5.74) is 5.71. The van der Waals surface area contributed by atoms with Crippen molar-refractivity contribution in [2.24, 2.45) is 0 Å². The van der Waals surface area contributed by atoms with Crippen LogP contribution in [-0.4, -0.2) is 26.8 Å². The molecule has 1 aromatic heterocycles. The Labute approximate surface area is 173 Å². The van der Waals surface area contributed by atoms with Crippen LogP contribution in [-0.2, 0) is 11.3 Å². The predicted molar refractivity (Wildman–Crippen MR) is 117 cm³/mol. The molecule has 2 amide bonds. The zero-order chi connectivity index (χ0) is 21.1. The van der Waals surface area contributed by atoms with Crippen molar-refractivity contribution in [3.8, 4) is 0 Å². The molecule has 0 aliphatic rings. The van der Waals surface area contributed by atoms with E-state index in [1.807, 2.05) is 22.9 Å². The number of nitrogens with zero attached hydrogens (tertiary/aromatic N) is 3. The van der Waals surface area contributed by atoms with Gasteiger partial charge in [0.1, 0.15) is 5.52 Å². The van der Waals surface area contributed by atoms with Gasteiger partial charge in [-0.2, -0.15) is 0 Å². The molecule has 0 saturated heterocycles. The van der Waals surface area contributed by atoms with Crippen LogP contribution in [0.4, 0.5) is 11.4 Å². The summed E-state index contributed by atoms with van der Waals surface area (Å²) in [6.07, 6.45) is 0. The molecule has 2 N–H and O–H groups in total. The van der Waals surface area contributed by atoms with E-state index < -0.39 is 0 Å². The topological polar surface area (TPSA) is 88.9 Å². The van der Waals surface area contributed by atoms with Gasteiger partial charge in [-0.1, -0.05) is 29.5 Å². The molecule has 0 fully saturated rings. The number of carbonyl (C=O) groups excluding carboxylic acids is 2. The minimum Gasteiger partial charge on any atom is -0.326 e. The van der Waals surface area contributed by atoms with Gasteiger partial charge in [-0.05, 0) is 60.5 Å². The van der Waals surface area contributed by atoms with Crippen molar-refractivity contribution in [1.29, 1.82) is 0 Å². The molecule has 1 heterocycles. The van der Waals surface area contributed by atoms with Crippen LogP contribution >= 0.6 is 0 Å². The van der Waals surface area contributed by atoms with Crippen molar-refractivity contribution >= 4 is 34.2 Å². The molecule has 3 aromatic carbocycles. The average molecular weight is 399 g/mol. The first kappa shape index (κ1) is 19.3. The summed E-state index contributed by atoms with van der Waals surface area (Å²) in [4.78, 5) is 23.7. The fourth-order valence-electron chi connectivity index (χ4n) is 3.22. The number of hydrogen-bond acceptors (Lipinski definition) is 4. The normalized spacial score (nSPS) is 10.7. The first-order valence-corrected chi connectivity index (χ1v) is 9.56. The fourth-order valence-corrected chi connectivity index (χ4v) is 3.22. The smallest absolute Gasteiger partial charge is 0.255 e. The van der Waals surface area contributed by atoms with Gasteiger partial charge in [-0.3, -0.25) is 9.59 Å². The maximum absolute atomic E-state index is 12.6. The van der Waals surface area contributed by atoms with Crippen molar-refractivity contribution in [2.45, 2.75) is 20.4 Å². The van der Waals surface area contributed by atoms with Crippen LogP contribution in [0.5, 0.6) is 0 Å². The lowest BCUT2D eigenvalue weighted by molar-refractivity contribution is -0.114. The highest BCUT2D eigenvalue weighted by Crippen LogP contribution is 2.18. The second-order valence-electron chi connectivity index (χ2n) is 7.09. The Balaban J connectivity index is 1.50. The van der Waals surface area contributed by atoms with Crippen LogP contribution in [0.2, 0.25) is 0 Å². The van der Waals surface area contributed by atoms with Gasteiger partial charge < -0.3 is 10.6 Å². The monoisotopic (exact) mass is 399 g/mol. The standard InChI is InChI=1S/C23H21N5O2/c1-15-5-3-4-6-18(15)14-28-22-12-7-17(13-21(22)26-27-28)23(30)25-20-10-8-19(9-11-20)24-16(2)29/h3-13H,14H2,1-2H3,(H,24,29)(H,25,30). The van der Waals surface area contributed by atoms with E-state index in [1.54, 1.807) is 36.4 Å². The summed E-state index contributed by atoms with van der Waals surface area (Å²) in [5, 5.41) is 14.0. The first-order chi connectivity index (χ1) is 14.5. The van der Waals surface area contributed by atoms with E-state index in [-0.39, 0.29) is 11.8 Å². The molecule has 7 nitrogen and oxygen atoms in total. The Kier molecular flexibility index (Phi) is 5.26. The van der Waals surface area contributed by atoms with Gasteiger partial charge in [-0.25, -0.2) is 4.68 Å². The minimum absolute atomic E-state index is 0.143. The Morgan fingerprint density at radius 1 is 0.933 bits per heavy atom. The minimum atomic E-state index is -0.238. The Morgan fingerprint density at radius 2 is 1.63 bits per heavy atom. The third-order valence-electron chi connectivity index (χ3n) is 4.82. The third-order valence-corrected chi connectivity index (χ3v) is 4.82. The summed E-state index contributed by atoms with van der Waals surface area (Å²) in [7, 11) is 0. The molecule has 4 aromatic rings. The third kappa shape index (κ3) is 4.20. The lowest BCUT2D eigenvalue weighted by Gasteiger charge is -2.08. The van der Waals surface area contributed by atoms with Gasteiger partial charge in [-0.15, -0.1) is 5.10 Å². The first-order valence-electron chi connectivity index (χ1n) is 9.56. The fraction of sp³-hybridized carbons (Fsp3) is 0.130. The SMILES string of the molecule is CC(=O)Nc1ccc(NC(=O)c2ccc3c(c2)nnn3Cc2ccccc2C)cc1. The Bertz CT molecular complexity index is 1230. The number of anilines is 2. The second-order valence-corrected chi connectivity index (χ2v) is 7.09. The molecule has 7 heteroatoms. The Hall–Kier alpha value is -4.00. The zero-order valence-electron chi connectivity index (χ0n) is 16.7. The quantitative estimate of drug-likeness (QED) is 0.531. The number of aromatic nitrogens is 3. The molecule has 0 atom stereocenters. The molecule has 0 spiro atoms. The van der Waals surface area contributed by atoms with Crippen LogP contribution in [0.15, 0.2) is 66.7 Å². The molecule has 0 saturated carbocycles. The highest BCUT2D eigenvalue weighted by molar-refractivity contribution is 6.06. The van der Waals surface area contributed by atoms with Crippen molar-refractivity contribution in [2.75, 3.05) is 10.6 Å². The molecule has 0 bridgehead atoms. The van der Waals surface area contributed by atoms with Crippen LogP contribution in [0.25, 0.3) is 11.0 Å². The molecular weight excluding hydrogens is 378 g/mol. The number of fused-ring (bicyclic) bond motifs is 1. The number of carbonyl (C=O) groups is 2. The van der Waals surface area contributed by atoms with E-state index in [1.165, 1.54) is 18.1 Å². The summed E-state index contributed by atoms with van der Waals surface area (Å²) in [5.74, 6) is -0.381. The summed E-state index contributed by atoms with van der Waals surface area (Å²) in [6, 6.07) is 20.5. The van der Waals surface area contributed by atoms with Gasteiger partial charge in [0.15, 0.2) is 0 Å². The molecule has 0 aliphatic carbocycles. The number of amides is 2. The summed E-state index contributed by atoms with van der Waals surface area (Å²) < 4.78 is 1.83. The number of rotatable bonds is 5. The van der Waals surface area contributed by atoms with E-state index in [0.717, 1.165) is 5.52 Å². The molecule has 150 valence electrons. The van der Waals surface area contributed by atoms with Crippen molar-refractivity contribution in [1.82, 2.24) is 15.0 Å². The van der Waals surface area contributed by atoms with Crippen LogP contribution in [0.3, 0.4) is 0 Å². The van der Waals surface area contributed by atoms with E-state index >= 15 is 0 Å². The maximum Gasteiger partial charge on any atom is 0.255 e. The van der Waals surface area contributed by atoms with Gasteiger partial charge >= 0.3 is 0 Å². The maximum atomic E-state index is 12.6. The van der Waals surface area contributed by atoms with Crippen molar-refractivity contribution < 1.29 is 9.59 Å². The van der Waals surface area contributed by atoms with Crippen LogP contribution in [0, 0.1) is 6.92 Å². The lowest BCUT2D eigenvalue weighted by Crippen LogP contribution is -2.12. The van der Waals surface area contributed by atoms with E-state index in [4.69, 9.17) is 0 Å². The van der Waals surface area contributed by atoms with Gasteiger partial charge in [0.05, 0.1) is 12.1 Å². The van der Waals surface area contributed by atoms with Crippen LogP contribution < -0.4 is 10.6 Å². The number of nitrogens with one attached hydrogen (secondary N) is 2. The number of benzene rings is 3. The van der Waals surface area contributed by atoms with Gasteiger partial charge in [0.25, 0.3) is 5.91 Å².